The quantitative estimate of drug-likeness (QED) is 0.805. The monoisotopic (exact) mass is 197 g/mol. The van der Waals surface area contributed by atoms with E-state index in [2.05, 4.69) is 0 Å². The van der Waals surface area contributed by atoms with Crippen molar-refractivity contribution in [3.63, 3.8) is 0 Å². The van der Waals surface area contributed by atoms with Gasteiger partial charge in [-0.2, -0.15) is 0 Å². The highest BCUT2D eigenvalue weighted by Crippen LogP contribution is 2.23. The molecule has 2 N–H and O–H groups in total. The maximum absolute atomic E-state index is 5.83. The summed E-state index contributed by atoms with van der Waals surface area (Å²) in [5, 5.41) is 0.331. The maximum atomic E-state index is 5.83. The molecule has 0 aliphatic carbocycles. The Bertz CT molecular complexity index is 380. The van der Waals surface area contributed by atoms with E-state index in [4.69, 9.17) is 26.2 Å². The van der Waals surface area contributed by atoms with Crippen molar-refractivity contribution in [2.45, 2.75) is 6.04 Å². The van der Waals surface area contributed by atoms with E-state index < -0.39 is 0 Å². The molecule has 0 aromatic carbocycles. The highest BCUT2D eigenvalue weighted by Gasteiger charge is 2.14. The first kappa shape index (κ1) is 8.41. The number of hydrogen-bond donors (Lipinski definition) is 1. The summed E-state index contributed by atoms with van der Waals surface area (Å²) in [7, 11) is 0. The van der Waals surface area contributed by atoms with E-state index in [9.17, 15) is 0 Å². The summed E-state index contributed by atoms with van der Waals surface area (Å²) in [6, 6.07) is 6.57. The molecule has 13 heavy (non-hydrogen) atoms. The fourth-order valence-electron chi connectivity index (χ4n) is 1.10. The molecule has 2 aromatic heterocycles. The van der Waals surface area contributed by atoms with Crippen molar-refractivity contribution in [3.8, 4) is 0 Å². The minimum atomic E-state index is -0.387. The molecule has 0 bridgehead atoms. The van der Waals surface area contributed by atoms with E-state index in [1.807, 2.05) is 0 Å². The summed E-state index contributed by atoms with van der Waals surface area (Å²) < 4.78 is 10.3. The van der Waals surface area contributed by atoms with Gasteiger partial charge in [0.05, 0.1) is 6.26 Å². The summed E-state index contributed by atoms with van der Waals surface area (Å²) in [5.41, 5.74) is 5.83. The van der Waals surface area contributed by atoms with Gasteiger partial charge in [-0.15, -0.1) is 0 Å². The molecule has 0 aliphatic rings. The van der Waals surface area contributed by atoms with Crippen molar-refractivity contribution in [2.75, 3.05) is 0 Å². The molecule has 68 valence electrons. The van der Waals surface area contributed by atoms with Crippen LogP contribution in [0.4, 0.5) is 0 Å². The zero-order chi connectivity index (χ0) is 9.26. The van der Waals surface area contributed by atoms with Gasteiger partial charge < -0.3 is 14.6 Å². The summed E-state index contributed by atoms with van der Waals surface area (Å²) in [6.45, 7) is 0. The molecule has 0 aliphatic heterocycles. The fourth-order valence-corrected chi connectivity index (χ4v) is 1.26. The number of halogens is 1. The summed E-state index contributed by atoms with van der Waals surface area (Å²) >= 11 is 5.61. The molecule has 2 aromatic rings. The topological polar surface area (TPSA) is 52.3 Å². The molecule has 1 atom stereocenters. The van der Waals surface area contributed by atoms with Crippen molar-refractivity contribution in [1.82, 2.24) is 0 Å². The second-order valence-corrected chi connectivity index (χ2v) is 3.01. The lowest BCUT2D eigenvalue weighted by Crippen LogP contribution is -2.09. The van der Waals surface area contributed by atoms with E-state index in [0.29, 0.717) is 16.7 Å². The predicted octanol–water partition coefficient (Wildman–Crippen LogP) is 2.57. The van der Waals surface area contributed by atoms with Crippen molar-refractivity contribution in [2.24, 2.45) is 5.73 Å². The van der Waals surface area contributed by atoms with Gasteiger partial charge in [0.15, 0.2) is 5.22 Å². The fraction of sp³-hybridized carbons (Fsp3) is 0.111. The normalized spacial score (nSPS) is 13.1. The molecular weight excluding hydrogens is 190 g/mol. The highest BCUT2D eigenvalue weighted by molar-refractivity contribution is 6.28. The minimum Gasteiger partial charge on any atom is -0.467 e. The van der Waals surface area contributed by atoms with Gasteiger partial charge >= 0.3 is 0 Å². The number of furan rings is 2. The van der Waals surface area contributed by atoms with Gasteiger partial charge in [0.2, 0.25) is 0 Å². The third-order valence-electron chi connectivity index (χ3n) is 1.75. The summed E-state index contributed by atoms with van der Waals surface area (Å²) in [4.78, 5) is 0. The van der Waals surface area contributed by atoms with Gasteiger partial charge in [-0.25, -0.2) is 0 Å². The first-order valence-electron chi connectivity index (χ1n) is 3.81. The predicted molar refractivity (Wildman–Crippen MR) is 48.5 cm³/mol. The maximum Gasteiger partial charge on any atom is 0.193 e. The molecule has 1 unspecified atom stereocenters. The van der Waals surface area contributed by atoms with E-state index in [1.54, 1.807) is 30.5 Å². The third-order valence-corrected chi connectivity index (χ3v) is 1.95. The van der Waals surface area contributed by atoms with Gasteiger partial charge in [0.25, 0.3) is 0 Å². The second kappa shape index (κ2) is 3.28. The zero-order valence-electron chi connectivity index (χ0n) is 6.74. The third kappa shape index (κ3) is 1.61. The van der Waals surface area contributed by atoms with Gasteiger partial charge in [0.1, 0.15) is 17.6 Å². The van der Waals surface area contributed by atoms with Crippen LogP contribution < -0.4 is 5.73 Å². The Labute approximate surface area is 80.1 Å². The Morgan fingerprint density at radius 2 is 2.08 bits per heavy atom. The Hall–Kier alpha value is -1.19. The number of nitrogens with two attached hydrogens (primary N) is 1. The van der Waals surface area contributed by atoms with Crippen LogP contribution in [0, 0.1) is 0 Å². The van der Waals surface area contributed by atoms with Crippen LogP contribution in [-0.4, -0.2) is 0 Å². The molecule has 0 saturated carbocycles. The Balaban J connectivity index is 2.28. The van der Waals surface area contributed by atoms with E-state index >= 15 is 0 Å². The molecule has 0 fully saturated rings. The first-order valence-corrected chi connectivity index (χ1v) is 4.19. The lowest BCUT2D eigenvalue weighted by Gasteiger charge is -2.03. The van der Waals surface area contributed by atoms with Gasteiger partial charge in [-0.05, 0) is 35.9 Å². The van der Waals surface area contributed by atoms with E-state index in [1.165, 1.54) is 0 Å². The average Bonchev–Trinajstić information content (AvgIpc) is 2.72. The van der Waals surface area contributed by atoms with Crippen LogP contribution in [0.15, 0.2) is 39.4 Å². The molecule has 2 rings (SSSR count). The Kier molecular flexibility index (Phi) is 2.12. The van der Waals surface area contributed by atoms with Gasteiger partial charge in [-0.1, -0.05) is 0 Å². The zero-order valence-corrected chi connectivity index (χ0v) is 7.49. The summed E-state index contributed by atoms with van der Waals surface area (Å²) in [6.07, 6.45) is 1.57. The van der Waals surface area contributed by atoms with Gasteiger partial charge in [0, 0.05) is 0 Å². The van der Waals surface area contributed by atoms with Crippen LogP contribution in [0.5, 0.6) is 0 Å². The largest absolute Gasteiger partial charge is 0.467 e. The van der Waals surface area contributed by atoms with Crippen LogP contribution in [0.25, 0.3) is 0 Å². The molecule has 4 heteroatoms. The SMILES string of the molecule is NC(c1ccco1)c1ccc(Cl)o1. The van der Waals surface area contributed by atoms with Crippen LogP contribution in [-0.2, 0) is 0 Å². The first-order chi connectivity index (χ1) is 6.27. The standard InChI is InChI=1S/C9H8ClNO2/c10-8-4-3-7(13-8)9(11)6-2-1-5-12-6/h1-5,9H,11H2. The smallest absolute Gasteiger partial charge is 0.193 e. The molecular formula is C9H8ClNO2. The molecule has 0 spiro atoms. The molecule has 0 radical (unpaired) electrons. The molecule has 2 heterocycles. The Morgan fingerprint density at radius 1 is 1.23 bits per heavy atom. The average molecular weight is 198 g/mol. The minimum absolute atomic E-state index is 0.331. The molecule has 3 nitrogen and oxygen atoms in total. The van der Waals surface area contributed by atoms with Gasteiger partial charge in [-0.3, -0.25) is 0 Å². The van der Waals surface area contributed by atoms with Crippen LogP contribution in [0.1, 0.15) is 17.6 Å². The van der Waals surface area contributed by atoms with Crippen LogP contribution >= 0.6 is 11.6 Å². The lowest BCUT2D eigenvalue weighted by atomic mass is 10.2. The van der Waals surface area contributed by atoms with Crippen molar-refractivity contribution < 1.29 is 8.83 Å². The van der Waals surface area contributed by atoms with E-state index in [0.717, 1.165) is 0 Å². The van der Waals surface area contributed by atoms with Crippen LogP contribution in [0.2, 0.25) is 5.22 Å². The summed E-state index contributed by atoms with van der Waals surface area (Å²) in [5.74, 6) is 1.26. The van der Waals surface area contributed by atoms with Crippen molar-refractivity contribution in [1.29, 1.82) is 0 Å². The van der Waals surface area contributed by atoms with Crippen molar-refractivity contribution in [3.05, 3.63) is 47.3 Å². The lowest BCUT2D eigenvalue weighted by molar-refractivity contribution is 0.433. The number of rotatable bonds is 2. The second-order valence-electron chi connectivity index (χ2n) is 2.63. The highest BCUT2D eigenvalue weighted by atomic mass is 35.5. The number of hydrogen-bond acceptors (Lipinski definition) is 3. The van der Waals surface area contributed by atoms with Crippen LogP contribution in [0.3, 0.4) is 0 Å². The molecule has 0 saturated heterocycles. The molecule has 0 amide bonds. The van der Waals surface area contributed by atoms with E-state index in [-0.39, 0.29) is 6.04 Å². The van der Waals surface area contributed by atoms with Crippen molar-refractivity contribution >= 4 is 11.6 Å². The Morgan fingerprint density at radius 3 is 2.62 bits per heavy atom.